The molecule has 0 fully saturated rings. The Morgan fingerprint density at radius 3 is 2.67 bits per heavy atom. The second kappa shape index (κ2) is 12.1. The van der Waals surface area contributed by atoms with Crippen molar-refractivity contribution in [2.45, 2.75) is 12.8 Å². The van der Waals surface area contributed by atoms with E-state index in [0.29, 0.717) is 47.3 Å². The van der Waals surface area contributed by atoms with Crippen molar-refractivity contribution >= 4 is 17.6 Å². The van der Waals surface area contributed by atoms with Gasteiger partial charge in [-0.2, -0.15) is 4.98 Å². The highest BCUT2D eigenvalue weighted by Crippen LogP contribution is 2.18. The predicted octanol–water partition coefficient (Wildman–Crippen LogP) is 3.95. The number of ether oxygens (including phenoxy) is 3. The monoisotopic (exact) mass is 488 g/mol. The summed E-state index contributed by atoms with van der Waals surface area (Å²) in [5.74, 6) is 1.24. The third kappa shape index (κ3) is 6.89. The Bertz CT molecular complexity index is 1290. The van der Waals surface area contributed by atoms with Crippen LogP contribution in [0.3, 0.4) is 0 Å². The van der Waals surface area contributed by atoms with E-state index in [1.165, 1.54) is 0 Å². The van der Waals surface area contributed by atoms with Gasteiger partial charge >= 0.3 is 5.97 Å². The number of rotatable bonds is 11. The summed E-state index contributed by atoms with van der Waals surface area (Å²) < 4.78 is 21.2. The van der Waals surface area contributed by atoms with Crippen LogP contribution < -0.4 is 14.8 Å². The Morgan fingerprint density at radius 2 is 1.89 bits per heavy atom. The van der Waals surface area contributed by atoms with Gasteiger partial charge in [0.1, 0.15) is 11.5 Å². The molecule has 0 saturated carbocycles. The lowest BCUT2D eigenvalue weighted by molar-refractivity contribution is -0.118. The van der Waals surface area contributed by atoms with Crippen LogP contribution in [0.4, 0.5) is 5.69 Å². The van der Waals surface area contributed by atoms with Gasteiger partial charge in [0.25, 0.3) is 5.91 Å². The van der Waals surface area contributed by atoms with Crippen LogP contribution >= 0.6 is 0 Å². The summed E-state index contributed by atoms with van der Waals surface area (Å²) in [5, 5.41) is 6.66. The Labute approximate surface area is 207 Å². The first kappa shape index (κ1) is 24.4. The maximum atomic E-state index is 12.3. The zero-order valence-electron chi connectivity index (χ0n) is 19.5. The minimum atomic E-state index is -0.459. The molecule has 2 heterocycles. The molecule has 0 atom stereocenters. The number of carbonyl (C=O) groups excluding carboxylic acids is 2. The summed E-state index contributed by atoms with van der Waals surface area (Å²) >= 11 is 0. The van der Waals surface area contributed by atoms with Crippen LogP contribution in [0.25, 0.3) is 11.4 Å². The number of nitrogens with one attached hydrogen (secondary N) is 1. The molecule has 2 aromatic heterocycles. The maximum absolute atomic E-state index is 12.3. The van der Waals surface area contributed by atoms with Gasteiger partial charge in [0.05, 0.1) is 19.3 Å². The number of methoxy groups -OCH3 is 1. The van der Waals surface area contributed by atoms with Gasteiger partial charge < -0.3 is 24.1 Å². The number of hydrogen-bond acceptors (Lipinski definition) is 9. The number of esters is 1. The van der Waals surface area contributed by atoms with Gasteiger partial charge in [-0.3, -0.25) is 9.78 Å². The number of aromatic nitrogens is 3. The summed E-state index contributed by atoms with van der Waals surface area (Å²) in [4.78, 5) is 32.7. The fourth-order valence-corrected chi connectivity index (χ4v) is 3.17. The highest BCUT2D eigenvalue weighted by molar-refractivity contribution is 5.92. The molecule has 2 aromatic carbocycles. The summed E-state index contributed by atoms with van der Waals surface area (Å²) in [7, 11) is 1.55. The quantitative estimate of drug-likeness (QED) is 0.247. The average molecular weight is 489 g/mol. The van der Waals surface area contributed by atoms with Crippen LogP contribution in [-0.4, -0.2) is 47.3 Å². The van der Waals surface area contributed by atoms with Gasteiger partial charge in [0.15, 0.2) is 6.61 Å². The molecule has 0 aliphatic heterocycles. The van der Waals surface area contributed by atoms with Crippen molar-refractivity contribution in [3.05, 3.63) is 84.5 Å². The predicted molar refractivity (Wildman–Crippen MR) is 130 cm³/mol. The fraction of sp³-hybridized carbons (Fsp3) is 0.192. The molecule has 0 radical (unpaired) electrons. The molecule has 0 unspecified atom stereocenters. The molecule has 10 nitrogen and oxygen atoms in total. The molecule has 1 N–H and O–H groups in total. The molecule has 4 rings (SSSR count). The molecule has 0 aliphatic carbocycles. The van der Waals surface area contributed by atoms with Crippen LogP contribution in [0.2, 0.25) is 0 Å². The number of amides is 1. The lowest BCUT2D eigenvalue weighted by atomic mass is 10.2. The van der Waals surface area contributed by atoms with Crippen molar-refractivity contribution in [2.75, 3.05) is 25.6 Å². The zero-order valence-corrected chi connectivity index (χ0v) is 19.5. The molecular formula is C26H24N4O6. The van der Waals surface area contributed by atoms with Crippen molar-refractivity contribution in [1.29, 1.82) is 0 Å². The van der Waals surface area contributed by atoms with Gasteiger partial charge in [0.2, 0.25) is 11.7 Å². The lowest BCUT2D eigenvalue weighted by Gasteiger charge is -2.09. The molecule has 36 heavy (non-hydrogen) atoms. The van der Waals surface area contributed by atoms with E-state index in [1.54, 1.807) is 74.1 Å². The van der Waals surface area contributed by atoms with E-state index in [-0.39, 0.29) is 19.1 Å². The molecule has 0 aliphatic rings. The standard InChI is InChI=1S/C26H24N4O6/c1-33-22-7-2-6-20(15-22)28-23(31)17-35-21-11-9-18(10-12-21)26(32)34-14-4-8-24-29-25(30-36-24)19-5-3-13-27-16-19/h2-3,5-7,9-13,15-16H,4,8,14,17H2,1H3,(H,28,31). The van der Waals surface area contributed by atoms with Crippen LogP contribution in [0.5, 0.6) is 11.5 Å². The first-order valence-electron chi connectivity index (χ1n) is 11.2. The first-order chi connectivity index (χ1) is 17.6. The van der Waals surface area contributed by atoms with E-state index < -0.39 is 5.97 Å². The van der Waals surface area contributed by atoms with Crippen molar-refractivity contribution in [3.63, 3.8) is 0 Å². The normalized spacial score (nSPS) is 10.5. The number of anilines is 1. The number of pyridine rings is 1. The minimum Gasteiger partial charge on any atom is -0.497 e. The SMILES string of the molecule is COc1cccc(NC(=O)COc2ccc(C(=O)OCCCc3nc(-c4cccnc4)no3)cc2)c1. The lowest BCUT2D eigenvalue weighted by Crippen LogP contribution is -2.20. The zero-order chi connectivity index (χ0) is 25.2. The third-order valence-electron chi connectivity index (χ3n) is 4.97. The second-order valence-electron chi connectivity index (χ2n) is 7.59. The Hall–Kier alpha value is -4.73. The third-order valence-corrected chi connectivity index (χ3v) is 4.97. The maximum Gasteiger partial charge on any atom is 0.338 e. The van der Waals surface area contributed by atoms with Gasteiger partial charge in [-0.15, -0.1) is 0 Å². The summed E-state index contributed by atoms with van der Waals surface area (Å²) in [5.41, 5.74) is 1.75. The van der Waals surface area contributed by atoms with Crippen molar-refractivity contribution in [2.24, 2.45) is 0 Å². The number of benzene rings is 2. The summed E-state index contributed by atoms with van der Waals surface area (Å²) in [6, 6.07) is 17.0. The second-order valence-corrected chi connectivity index (χ2v) is 7.59. The van der Waals surface area contributed by atoms with E-state index in [2.05, 4.69) is 20.4 Å². The summed E-state index contributed by atoms with van der Waals surface area (Å²) in [6.45, 7) is 0.0192. The van der Waals surface area contributed by atoms with E-state index in [9.17, 15) is 9.59 Å². The van der Waals surface area contributed by atoms with Crippen LogP contribution in [0, 0.1) is 0 Å². The molecule has 0 bridgehead atoms. The van der Waals surface area contributed by atoms with Gasteiger partial charge in [-0.1, -0.05) is 11.2 Å². The number of aryl methyl sites for hydroxylation is 1. The molecular weight excluding hydrogens is 464 g/mol. The minimum absolute atomic E-state index is 0.181. The molecule has 4 aromatic rings. The van der Waals surface area contributed by atoms with Crippen LogP contribution in [-0.2, 0) is 16.0 Å². The van der Waals surface area contributed by atoms with E-state index >= 15 is 0 Å². The largest absolute Gasteiger partial charge is 0.497 e. The molecule has 1 amide bonds. The number of nitrogens with zero attached hydrogens (tertiary/aromatic N) is 3. The highest BCUT2D eigenvalue weighted by atomic mass is 16.5. The Balaban J connectivity index is 1.17. The molecule has 0 saturated heterocycles. The number of hydrogen-bond donors (Lipinski definition) is 1. The van der Waals surface area contributed by atoms with Gasteiger partial charge in [0, 0.05) is 36.1 Å². The van der Waals surface area contributed by atoms with Gasteiger partial charge in [-0.25, -0.2) is 4.79 Å². The smallest absolute Gasteiger partial charge is 0.338 e. The number of carbonyl (C=O) groups is 2. The summed E-state index contributed by atoms with van der Waals surface area (Å²) in [6.07, 6.45) is 4.34. The molecule has 0 spiro atoms. The van der Waals surface area contributed by atoms with Gasteiger partial charge in [-0.05, 0) is 55.0 Å². The fourth-order valence-electron chi connectivity index (χ4n) is 3.17. The molecule has 184 valence electrons. The van der Waals surface area contributed by atoms with Crippen molar-refractivity contribution in [3.8, 4) is 22.9 Å². The topological polar surface area (TPSA) is 126 Å². The highest BCUT2D eigenvalue weighted by Gasteiger charge is 2.11. The average Bonchev–Trinajstić information content (AvgIpc) is 3.40. The van der Waals surface area contributed by atoms with Crippen molar-refractivity contribution < 1.29 is 28.3 Å². The van der Waals surface area contributed by atoms with Crippen LogP contribution in [0.15, 0.2) is 77.6 Å². The van der Waals surface area contributed by atoms with E-state index in [4.69, 9.17) is 18.7 Å². The first-order valence-corrected chi connectivity index (χ1v) is 11.2. The Morgan fingerprint density at radius 1 is 1.03 bits per heavy atom. The molecule has 10 heteroatoms. The van der Waals surface area contributed by atoms with E-state index in [0.717, 1.165) is 5.56 Å². The van der Waals surface area contributed by atoms with Crippen LogP contribution in [0.1, 0.15) is 22.7 Å². The van der Waals surface area contributed by atoms with E-state index in [1.807, 2.05) is 6.07 Å². The Kier molecular flexibility index (Phi) is 8.21. The van der Waals surface area contributed by atoms with Crippen molar-refractivity contribution in [1.82, 2.24) is 15.1 Å².